The molecule has 0 spiro atoms. The van der Waals surface area contributed by atoms with Crippen LogP contribution in [0.5, 0.6) is 0 Å². The second kappa shape index (κ2) is 9.15. The maximum atomic E-state index is 12.3. The molecule has 27 heavy (non-hydrogen) atoms. The van der Waals surface area contributed by atoms with Crippen molar-refractivity contribution >= 4 is 34.6 Å². The van der Waals surface area contributed by atoms with Crippen LogP contribution in [0.25, 0.3) is 0 Å². The van der Waals surface area contributed by atoms with E-state index in [1.54, 1.807) is 42.6 Å². The van der Waals surface area contributed by atoms with Crippen molar-refractivity contribution in [3.8, 4) is 12.3 Å². The van der Waals surface area contributed by atoms with Crippen LogP contribution >= 0.6 is 11.3 Å². The van der Waals surface area contributed by atoms with Crippen LogP contribution in [-0.2, 0) is 9.59 Å². The molecular formula is C21H22N2O3S. The molecule has 0 saturated carbocycles. The van der Waals surface area contributed by atoms with Crippen LogP contribution in [0, 0.1) is 26.2 Å². The molecular weight excluding hydrogens is 360 g/mol. The lowest BCUT2D eigenvalue weighted by molar-refractivity contribution is -0.133. The second-order valence-corrected chi connectivity index (χ2v) is 7.73. The van der Waals surface area contributed by atoms with Gasteiger partial charge in [-0.25, -0.2) is 0 Å². The summed E-state index contributed by atoms with van der Waals surface area (Å²) in [4.78, 5) is 40.0. The van der Waals surface area contributed by atoms with Crippen molar-refractivity contribution in [2.24, 2.45) is 0 Å². The molecule has 0 atom stereocenters. The average molecular weight is 382 g/mol. The van der Waals surface area contributed by atoms with Crippen LogP contribution in [-0.4, -0.2) is 36.1 Å². The maximum absolute atomic E-state index is 12.3. The SMILES string of the molecule is C#Cc1cccc(NC(=O)CN(C)C(=O)CCC(=O)c2cc(C)sc2C)c1. The van der Waals surface area contributed by atoms with Crippen LogP contribution in [0.15, 0.2) is 30.3 Å². The van der Waals surface area contributed by atoms with Gasteiger partial charge in [0.1, 0.15) is 0 Å². The number of anilines is 1. The number of benzene rings is 1. The highest BCUT2D eigenvalue weighted by Crippen LogP contribution is 2.22. The summed E-state index contributed by atoms with van der Waals surface area (Å²) in [6.07, 6.45) is 5.54. The Kier molecular flexibility index (Phi) is 6.91. The Bertz CT molecular complexity index is 908. The van der Waals surface area contributed by atoms with E-state index < -0.39 is 0 Å². The Morgan fingerprint density at radius 1 is 1.19 bits per heavy atom. The first-order valence-corrected chi connectivity index (χ1v) is 9.32. The van der Waals surface area contributed by atoms with Crippen LogP contribution < -0.4 is 5.32 Å². The molecule has 1 heterocycles. The van der Waals surface area contributed by atoms with Gasteiger partial charge in [-0.1, -0.05) is 12.0 Å². The monoisotopic (exact) mass is 382 g/mol. The summed E-state index contributed by atoms with van der Waals surface area (Å²) in [6.45, 7) is 3.76. The van der Waals surface area contributed by atoms with E-state index in [-0.39, 0.29) is 37.0 Å². The van der Waals surface area contributed by atoms with Crippen molar-refractivity contribution in [2.75, 3.05) is 18.9 Å². The first-order chi connectivity index (χ1) is 12.8. The fourth-order valence-electron chi connectivity index (χ4n) is 2.64. The Morgan fingerprint density at radius 3 is 2.56 bits per heavy atom. The molecule has 0 unspecified atom stereocenters. The largest absolute Gasteiger partial charge is 0.336 e. The molecule has 140 valence electrons. The Labute approximate surface area is 163 Å². The summed E-state index contributed by atoms with van der Waals surface area (Å²) in [6, 6.07) is 8.78. The molecule has 0 aliphatic rings. The molecule has 5 nitrogen and oxygen atoms in total. The highest BCUT2D eigenvalue weighted by atomic mass is 32.1. The zero-order valence-corrected chi connectivity index (χ0v) is 16.5. The van der Waals surface area contributed by atoms with Crippen LogP contribution in [0.4, 0.5) is 5.69 Å². The number of hydrogen-bond donors (Lipinski definition) is 1. The first-order valence-electron chi connectivity index (χ1n) is 8.51. The van der Waals surface area contributed by atoms with E-state index in [0.717, 1.165) is 9.75 Å². The average Bonchev–Trinajstić information content (AvgIpc) is 2.97. The fraction of sp³-hybridized carbons (Fsp3) is 0.286. The highest BCUT2D eigenvalue weighted by Gasteiger charge is 2.17. The number of Topliss-reactive ketones (excluding diaryl/α,β-unsaturated/α-hetero) is 1. The lowest BCUT2D eigenvalue weighted by Gasteiger charge is -2.16. The van der Waals surface area contributed by atoms with Crippen molar-refractivity contribution in [2.45, 2.75) is 26.7 Å². The molecule has 1 N–H and O–H groups in total. The van der Waals surface area contributed by atoms with Crippen molar-refractivity contribution in [1.82, 2.24) is 4.90 Å². The predicted molar refractivity (Wildman–Crippen MR) is 108 cm³/mol. The summed E-state index contributed by atoms with van der Waals surface area (Å²) >= 11 is 1.57. The van der Waals surface area contributed by atoms with Gasteiger partial charge < -0.3 is 10.2 Å². The van der Waals surface area contributed by atoms with Crippen molar-refractivity contribution in [3.63, 3.8) is 0 Å². The van der Waals surface area contributed by atoms with Gasteiger partial charge in [0.15, 0.2) is 5.78 Å². The molecule has 1 aromatic carbocycles. The molecule has 2 rings (SSSR count). The third-order valence-electron chi connectivity index (χ3n) is 4.03. The van der Waals surface area contributed by atoms with E-state index in [9.17, 15) is 14.4 Å². The van der Waals surface area contributed by atoms with Gasteiger partial charge in [-0.2, -0.15) is 0 Å². The van der Waals surface area contributed by atoms with Crippen molar-refractivity contribution in [3.05, 3.63) is 51.2 Å². The van der Waals surface area contributed by atoms with E-state index in [4.69, 9.17) is 6.42 Å². The van der Waals surface area contributed by atoms with Crippen LogP contribution in [0.2, 0.25) is 0 Å². The summed E-state index contributed by atoms with van der Waals surface area (Å²) in [7, 11) is 1.55. The van der Waals surface area contributed by atoms with Gasteiger partial charge in [0.25, 0.3) is 0 Å². The normalized spacial score (nSPS) is 10.1. The number of aryl methyl sites for hydroxylation is 2. The first kappa shape index (κ1) is 20.4. The van der Waals surface area contributed by atoms with E-state index in [1.807, 2.05) is 19.9 Å². The lowest BCUT2D eigenvalue weighted by atomic mass is 10.1. The number of nitrogens with zero attached hydrogens (tertiary/aromatic N) is 1. The number of likely N-dealkylation sites (N-methyl/N-ethyl adjacent to an activating group) is 1. The number of ketones is 1. The van der Waals surface area contributed by atoms with E-state index in [2.05, 4.69) is 11.2 Å². The van der Waals surface area contributed by atoms with Crippen molar-refractivity contribution in [1.29, 1.82) is 0 Å². The molecule has 1 aromatic heterocycles. The topological polar surface area (TPSA) is 66.5 Å². The third kappa shape index (κ3) is 5.80. The van der Waals surface area contributed by atoms with Gasteiger partial charge in [-0.3, -0.25) is 14.4 Å². The molecule has 0 bridgehead atoms. The molecule has 0 saturated heterocycles. The number of carbonyl (C=O) groups excluding carboxylic acids is 3. The number of amides is 2. The minimum Gasteiger partial charge on any atom is -0.336 e. The predicted octanol–water partition coefficient (Wildman–Crippen LogP) is 3.41. The molecule has 0 radical (unpaired) electrons. The van der Waals surface area contributed by atoms with Gasteiger partial charge in [0.05, 0.1) is 6.54 Å². The summed E-state index contributed by atoms with van der Waals surface area (Å²) < 4.78 is 0. The second-order valence-electron chi connectivity index (χ2n) is 6.27. The molecule has 2 aromatic rings. The molecule has 2 amide bonds. The molecule has 0 aliphatic carbocycles. The van der Waals surface area contributed by atoms with Gasteiger partial charge in [-0.15, -0.1) is 17.8 Å². The summed E-state index contributed by atoms with van der Waals surface area (Å²) in [5.74, 6) is 1.88. The molecule has 0 fully saturated rings. The standard InChI is InChI=1S/C21H22N2O3S/c1-5-16-7-6-8-17(12-16)22-20(25)13-23(4)21(26)10-9-19(24)18-11-14(2)27-15(18)3/h1,6-8,11-12H,9-10,13H2,2-4H3,(H,22,25). The molecule has 6 heteroatoms. The smallest absolute Gasteiger partial charge is 0.243 e. The van der Waals surface area contributed by atoms with Gasteiger partial charge >= 0.3 is 0 Å². The van der Waals surface area contributed by atoms with E-state index in [1.165, 1.54) is 4.90 Å². The zero-order valence-electron chi connectivity index (χ0n) is 15.7. The van der Waals surface area contributed by atoms with E-state index >= 15 is 0 Å². The Balaban J connectivity index is 1.84. The summed E-state index contributed by atoms with van der Waals surface area (Å²) in [5.41, 5.74) is 1.92. The maximum Gasteiger partial charge on any atom is 0.243 e. The van der Waals surface area contributed by atoms with E-state index in [0.29, 0.717) is 16.8 Å². The zero-order chi connectivity index (χ0) is 20.0. The Hall–Kier alpha value is -2.91. The van der Waals surface area contributed by atoms with Crippen LogP contribution in [0.3, 0.4) is 0 Å². The third-order valence-corrected chi connectivity index (χ3v) is 4.99. The Morgan fingerprint density at radius 2 is 1.93 bits per heavy atom. The minimum absolute atomic E-state index is 0.0471. The van der Waals surface area contributed by atoms with Gasteiger partial charge in [0.2, 0.25) is 11.8 Å². The highest BCUT2D eigenvalue weighted by molar-refractivity contribution is 7.12. The number of rotatable bonds is 7. The number of terminal acetylenes is 1. The quantitative estimate of drug-likeness (QED) is 0.589. The van der Waals surface area contributed by atoms with Gasteiger partial charge in [-0.05, 0) is 38.1 Å². The van der Waals surface area contributed by atoms with Gasteiger partial charge in [0, 0.05) is 46.5 Å². The number of thiophene rings is 1. The summed E-state index contributed by atoms with van der Waals surface area (Å²) in [5, 5.41) is 2.71. The number of nitrogens with one attached hydrogen (secondary N) is 1. The fourth-order valence-corrected chi connectivity index (χ4v) is 3.59. The number of hydrogen-bond acceptors (Lipinski definition) is 4. The van der Waals surface area contributed by atoms with Crippen molar-refractivity contribution < 1.29 is 14.4 Å². The lowest BCUT2D eigenvalue weighted by Crippen LogP contribution is -2.35. The minimum atomic E-state index is -0.323. The molecule has 0 aliphatic heterocycles. The van der Waals surface area contributed by atoms with Crippen LogP contribution in [0.1, 0.15) is 38.5 Å². The number of carbonyl (C=O) groups is 3.